The van der Waals surface area contributed by atoms with Crippen LogP contribution in [0.15, 0.2) is 0 Å². The molecule has 0 aromatic rings. The van der Waals surface area contributed by atoms with Crippen LogP contribution in [-0.4, -0.2) is 18.6 Å². The summed E-state index contributed by atoms with van der Waals surface area (Å²) in [4.78, 5) is 0. The van der Waals surface area contributed by atoms with Crippen molar-refractivity contribution in [2.75, 3.05) is 13.1 Å². The van der Waals surface area contributed by atoms with Gasteiger partial charge in [0.2, 0.25) is 0 Å². The predicted molar refractivity (Wildman–Crippen MR) is 125 cm³/mol. The number of nitrogens with one attached hydrogen (secondary N) is 1. The Morgan fingerprint density at radius 3 is 1.30 bits per heavy atom. The molecule has 0 aliphatic carbocycles. The van der Waals surface area contributed by atoms with E-state index in [0.717, 1.165) is 19.5 Å². The molecule has 2 heteroatoms. The largest absolute Gasteiger partial charge is 0.330 e. The third-order valence-electron chi connectivity index (χ3n) is 6.12. The van der Waals surface area contributed by atoms with Gasteiger partial charge in [-0.3, -0.25) is 0 Å². The third-order valence-corrected chi connectivity index (χ3v) is 6.12. The fourth-order valence-electron chi connectivity index (χ4n) is 4.28. The molecular formula is C25H54N2. The quantitative estimate of drug-likeness (QED) is 0.188. The van der Waals surface area contributed by atoms with Gasteiger partial charge in [0.15, 0.2) is 0 Å². The van der Waals surface area contributed by atoms with Gasteiger partial charge in [-0.05, 0) is 39.3 Å². The first kappa shape index (κ1) is 26.9. The van der Waals surface area contributed by atoms with E-state index in [4.69, 9.17) is 5.73 Å². The topological polar surface area (TPSA) is 38.0 Å². The summed E-state index contributed by atoms with van der Waals surface area (Å²) in [6.45, 7) is 8.79. The third kappa shape index (κ3) is 19.0. The van der Waals surface area contributed by atoms with Gasteiger partial charge < -0.3 is 11.1 Å². The van der Waals surface area contributed by atoms with Crippen LogP contribution in [-0.2, 0) is 0 Å². The molecule has 0 aliphatic rings. The maximum absolute atomic E-state index is 5.69. The van der Waals surface area contributed by atoms with Crippen LogP contribution in [0.4, 0.5) is 0 Å². The Labute approximate surface area is 172 Å². The molecule has 0 rings (SSSR count). The zero-order valence-corrected chi connectivity index (χ0v) is 19.4. The molecule has 0 heterocycles. The number of hydrogen-bond donors (Lipinski definition) is 2. The van der Waals surface area contributed by atoms with Crippen molar-refractivity contribution in [3.8, 4) is 0 Å². The van der Waals surface area contributed by atoms with Crippen LogP contribution >= 0.6 is 0 Å². The summed E-state index contributed by atoms with van der Waals surface area (Å²) in [5.74, 6) is 0. The van der Waals surface area contributed by atoms with E-state index < -0.39 is 0 Å². The zero-order valence-electron chi connectivity index (χ0n) is 19.4. The Kier molecular flexibility index (Phi) is 20.6. The minimum atomic E-state index is 0.310. The van der Waals surface area contributed by atoms with Gasteiger partial charge in [0.05, 0.1) is 0 Å². The van der Waals surface area contributed by atoms with Gasteiger partial charge in [0.25, 0.3) is 0 Å². The average molecular weight is 383 g/mol. The number of unbranched alkanes of at least 4 members (excludes halogenated alkanes) is 15. The van der Waals surface area contributed by atoms with E-state index in [1.807, 2.05) is 0 Å². The molecule has 0 bridgehead atoms. The van der Waals surface area contributed by atoms with Crippen molar-refractivity contribution in [1.29, 1.82) is 0 Å². The zero-order chi connectivity index (χ0) is 20.1. The molecule has 1 unspecified atom stereocenters. The summed E-state index contributed by atoms with van der Waals surface area (Å²) in [6.07, 6.45) is 26.8. The van der Waals surface area contributed by atoms with Crippen molar-refractivity contribution >= 4 is 0 Å². The van der Waals surface area contributed by atoms with E-state index in [0.29, 0.717) is 5.54 Å². The highest BCUT2D eigenvalue weighted by Crippen LogP contribution is 2.21. The van der Waals surface area contributed by atoms with E-state index in [2.05, 4.69) is 26.1 Å². The molecule has 0 amide bonds. The van der Waals surface area contributed by atoms with Crippen molar-refractivity contribution in [2.24, 2.45) is 5.73 Å². The highest BCUT2D eigenvalue weighted by molar-refractivity contribution is 4.82. The molecule has 0 aromatic carbocycles. The Balaban J connectivity index is 3.32. The maximum atomic E-state index is 5.69. The van der Waals surface area contributed by atoms with Crippen molar-refractivity contribution in [2.45, 2.75) is 148 Å². The Bertz CT molecular complexity index is 279. The molecule has 3 N–H and O–H groups in total. The van der Waals surface area contributed by atoms with Gasteiger partial charge in [-0.15, -0.1) is 0 Å². The molecule has 0 aliphatic heterocycles. The first-order valence-electron chi connectivity index (χ1n) is 12.6. The van der Waals surface area contributed by atoms with Crippen LogP contribution in [0, 0.1) is 0 Å². The van der Waals surface area contributed by atoms with Gasteiger partial charge in [0, 0.05) is 5.54 Å². The second-order valence-corrected chi connectivity index (χ2v) is 9.04. The van der Waals surface area contributed by atoms with E-state index in [9.17, 15) is 0 Å². The maximum Gasteiger partial charge on any atom is 0.0153 e. The van der Waals surface area contributed by atoms with Crippen molar-refractivity contribution in [3.63, 3.8) is 0 Å². The van der Waals surface area contributed by atoms with E-state index in [-0.39, 0.29) is 0 Å². The molecule has 0 spiro atoms. The molecule has 0 saturated heterocycles. The fourth-order valence-corrected chi connectivity index (χ4v) is 4.28. The van der Waals surface area contributed by atoms with E-state index in [1.165, 1.54) is 116 Å². The van der Waals surface area contributed by atoms with Gasteiger partial charge in [-0.25, -0.2) is 0 Å². The van der Waals surface area contributed by atoms with E-state index >= 15 is 0 Å². The van der Waals surface area contributed by atoms with Crippen LogP contribution in [0.25, 0.3) is 0 Å². The van der Waals surface area contributed by atoms with Crippen molar-refractivity contribution < 1.29 is 0 Å². The number of hydrogen-bond acceptors (Lipinski definition) is 2. The minimum absolute atomic E-state index is 0.310. The number of rotatable bonds is 22. The van der Waals surface area contributed by atoms with Gasteiger partial charge in [0.1, 0.15) is 0 Å². The smallest absolute Gasteiger partial charge is 0.0153 e. The highest BCUT2D eigenvalue weighted by Gasteiger charge is 2.21. The van der Waals surface area contributed by atoms with Crippen LogP contribution in [0.1, 0.15) is 143 Å². The van der Waals surface area contributed by atoms with Gasteiger partial charge in [-0.2, -0.15) is 0 Å². The molecule has 0 fully saturated rings. The molecular weight excluding hydrogens is 328 g/mol. The molecule has 0 radical (unpaired) electrons. The second-order valence-electron chi connectivity index (χ2n) is 9.04. The standard InChI is InChI=1S/C25H54N2/c1-4-6-7-8-9-10-11-12-13-14-15-16-17-18-19-20-22-25(3,27-5-2)23-21-24-26/h27H,4-24,26H2,1-3H3. The van der Waals surface area contributed by atoms with Crippen LogP contribution in [0.2, 0.25) is 0 Å². The summed E-state index contributed by atoms with van der Waals surface area (Å²) in [6, 6.07) is 0. The summed E-state index contributed by atoms with van der Waals surface area (Å²) >= 11 is 0. The molecule has 2 nitrogen and oxygen atoms in total. The monoisotopic (exact) mass is 382 g/mol. The number of nitrogens with two attached hydrogens (primary N) is 1. The fraction of sp³-hybridized carbons (Fsp3) is 1.00. The highest BCUT2D eigenvalue weighted by atomic mass is 14.9. The van der Waals surface area contributed by atoms with Gasteiger partial charge in [-0.1, -0.05) is 117 Å². The second kappa shape index (κ2) is 20.6. The molecule has 0 saturated carbocycles. The summed E-state index contributed by atoms with van der Waals surface area (Å²) in [7, 11) is 0. The minimum Gasteiger partial charge on any atom is -0.330 e. The Hall–Kier alpha value is -0.0800. The lowest BCUT2D eigenvalue weighted by Crippen LogP contribution is -2.42. The molecule has 27 heavy (non-hydrogen) atoms. The Morgan fingerprint density at radius 1 is 0.556 bits per heavy atom. The molecule has 0 aromatic heterocycles. The molecule has 164 valence electrons. The van der Waals surface area contributed by atoms with E-state index in [1.54, 1.807) is 0 Å². The first-order chi connectivity index (χ1) is 13.2. The summed E-state index contributed by atoms with van der Waals surface area (Å²) in [5, 5.41) is 3.69. The Morgan fingerprint density at radius 2 is 0.926 bits per heavy atom. The summed E-state index contributed by atoms with van der Waals surface area (Å²) in [5.41, 5.74) is 6.00. The lowest BCUT2D eigenvalue weighted by atomic mass is 9.89. The lowest BCUT2D eigenvalue weighted by molar-refractivity contribution is 0.298. The average Bonchev–Trinajstić information content (AvgIpc) is 2.66. The normalized spacial score (nSPS) is 13.8. The van der Waals surface area contributed by atoms with Crippen molar-refractivity contribution in [1.82, 2.24) is 5.32 Å². The van der Waals surface area contributed by atoms with Crippen molar-refractivity contribution in [3.05, 3.63) is 0 Å². The SMILES string of the molecule is CCCCCCCCCCCCCCCCCCC(C)(CCCN)NCC. The van der Waals surface area contributed by atoms with Crippen LogP contribution in [0.5, 0.6) is 0 Å². The van der Waals surface area contributed by atoms with Crippen LogP contribution in [0.3, 0.4) is 0 Å². The van der Waals surface area contributed by atoms with Crippen LogP contribution < -0.4 is 11.1 Å². The first-order valence-corrected chi connectivity index (χ1v) is 12.6. The van der Waals surface area contributed by atoms with Gasteiger partial charge >= 0.3 is 0 Å². The summed E-state index contributed by atoms with van der Waals surface area (Å²) < 4.78 is 0. The lowest BCUT2D eigenvalue weighted by Gasteiger charge is -2.31. The predicted octanol–water partition coefficient (Wildman–Crippen LogP) is 7.75. The molecule has 1 atom stereocenters.